The standard InChI is InChI=1S/C28H25ClFNO4S/c29-22-5-3-4-21(18-22)26(32)19-31-17-16-20-8-14-25(15-9-20)36(33,34)28-7-2-1-6-27(28)35-24-12-10-23(30)11-13-24/h1-15,18,26,31-32H,16-17,19H2/t26-/m0/s1. The van der Waals surface area contributed by atoms with Gasteiger partial charge in [-0.2, -0.15) is 0 Å². The lowest BCUT2D eigenvalue weighted by Crippen LogP contribution is -2.23. The smallest absolute Gasteiger partial charge is 0.210 e. The molecule has 0 bridgehead atoms. The number of hydrogen-bond acceptors (Lipinski definition) is 5. The van der Waals surface area contributed by atoms with Crippen LogP contribution >= 0.6 is 11.6 Å². The van der Waals surface area contributed by atoms with Crippen molar-refractivity contribution < 1.29 is 22.7 Å². The van der Waals surface area contributed by atoms with Crippen LogP contribution in [-0.2, 0) is 16.3 Å². The van der Waals surface area contributed by atoms with Gasteiger partial charge in [0.15, 0.2) is 0 Å². The second kappa shape index (κ2) is 11.7. The minimum absolute atomic E-state index is 0.0266. The number of nitrogens with one attached hydrogen (secondary N) is 1. The molecule has 0 fully saturated rings. The number of aliphatic hydroxyl groups excluding tert-OH is 1. The first-order chi connectivity index (χ1) is 17.3. The molecule has 0 aliphatic rings. The Morgan fingerprint density at radius 2 is 1.64 bits per heavy atom. The molecule has 0 aromatic heterocycles. The van der Waals surface area contributed by atoms with E-state index in [0.29, 0.717) is 30.3 Å². The van der Waals surface area contributed by atoms with Crippen LogP contribution in [0.15, 0.2) is 107 Å². The van der Waals surface area contributed by atoms with Crippen LogP contribution in [-0.4, -0.2) is 26.6 Å². The van der Waals surface area contributed by atoms with E-state index in [1.165, 1.54) is 30.3 Å². The Morgan fingerprint density at radius 3 is 2.36 bits per heavy atom. The number of hydrogen-bond donors (Lipinski definition) is 2. The summed E-state index contributed by atoms with van der Waals surface area (Å²) in [6.45, 7) is 0.982. The van der Waals surface area contributed by atoms with Crippen molar-refractivity contribution in [3.8, 4) is 11.5 Å². The van der Waals surface area contributed by atoms with E-state index in [0.717, 1.165) is 11.1 Å². The molecule has 0 radical (unpaired) electrons. The highest BCUT2D eigenvalue weighted by molar-refractivity contribution is 7.91. The van der Waals surface area contributed by atoms with Gasteiger partial charge in [0, 0.05) is 11.6 Å². The van der Waals surface area contributed by atoms with Gasteiger partial charge in [-0.15, -0.1) is 0 Å². The zero-order chi connectivity index (χ0) is 25.5. The Bertz CT molecular complexity index is 1410. The largest absolute Gasteiger partial charge is 0.456 e. The maximum Gasteiger partial charge on any atom is 0.210 e. The van der Waals surface area contributed by atoms with Crippen LogP contribution in [0.1, 0.15) is 17.2 Å². The Morgan fingerprint density at radius 1 is 0.917 bits per heavy atom. The van der Waals surface area contributed by atoms with Crippen LogP contribution in [0.3, 0.4) is 0 Å². The zero-order valence-corrected chi connectivity index (χ0v) is 20.8. The van der Waals surface area contributed by atoms with Crippen molar-refractivity contribution in [3.63, 3.8) is 0 Å². The van der Waals surface area contributed by atoms with E-state index in [-0.39, 0.29) is 15.5 Å². The third kappa shape index (κ3) is 6.50. The summed E-state index contributed by atoms with van der Waals surface area (Å²) in [5.74, 6) is 0.0915. The zero-order valence-electron chi connectivity index (χ0n) is 19.3. The summed E-state index contributed by atoms with van der Waals surface area (Å²) >= 11 is 5.97. The van der Waals surface area contributed by atoms with Crippen LogP contribution in [0.5, 0.6) is 11.5 Å². The average Bonchev–Trinajstić information content (AvgIpc) is 2.88. The van der Waals surface area contributed by atoms with Crippen LogP contribution in [0, 0.1) is 5.82 Å². The highest BCUT2D eigenvalue weighted by atomic mass is 35.5. The Hall–Kier alpha value is -3.23. The lowest BCUT2D eigenvalue weighted by atomic mass is 10.1. The van der Waals surface area contributed by atoms with Gasteiger partial charge in [-0.25, -0.2) is 12.8 Å². The number of sulfone groups is 1. The van der Waals surface area contributed by atoms with E-state index in [9.17, 15) is 17.9 Å². The molecule has 0 amide bonds. The molecule has 2 N–H and O–H groups in total. The molecular formula is C28H25ClFNO4S. The first kappa shape index (κ1) is 25.9. The molecule has 0 spiro atoms. The van der Waals surface area contributed by atoms with E-state index in [1.807, 2.05) is 6.07 Å². The van der Waals surface area contributed by atoms with E-state index in [1.54, 1.807) is 60.7 Å². The minimum Gasteiger partial charge on any atom is -0.456 e. The Labute approximate surface area is 215 Å². The first-order valence-corrected chi connectivity index (χ1v) is 13.2. The summed E-state index contributed by atoms with van der Waals surface area (Å²) in [6, 6.07) is 25.5. The lowest BCUT2D eigenvalue weighted by Gasteiger charge is -2.13. The summed E-state index contributed by atoms with van der Waals surface area (Å²) in [6.07, 6.45) is -0.0132. The third-order valence-corrected chi connectivity index (χ3v) is 7.62. The molecule has 8 heteroatoms. The van der Waals surface area contributed by atoms with Gasteiger partial charge in [0.2, 0.25) is 9.84 Å². The first-order valence-electron chi connectivity index (χ1n) is 11.3. The van der Waals surface area contributed by atoms with Crippen molar-refractivity contribution in [2.75, 3.05) is 13.1 Å². The monoisotopic (exact) mass is 525 g/mol. The van der Waals surface area contributed by atoms with Crippen molar-refractivity contribution in [2.24, 2.45) is 0 Å². The van der Waals surface area contributed by atoms with Gasteiger partial charge < -0.3 is 15.2 Å². The molecule has 4 aromatic carbocycles. The maximum atomic E-state index is 13.3. The molecule has 0 saturated heterocycles. The predicted molar refractivity (Wildman–Crippen MR) is 138 cm³/mol. The molecule has 36 heavy (non-hydrogen) atoms. The Kier molecular flexibility index (Phi) is 8.38. The second-order valence-corrected chi connectivity index (χ2v) is 10.5. The fraction of sp³-hybridized carbons (Fsp3) is 0.143. The molecule has 4 rings (SSSR count). The van der Waals surface area contributed by atoms with E-state index >= 15 is 0 Å². The number of benzene rings is 4. The highest BCUT2D eigenvalue weighted by Gasteiger charge is 2.22. The fourth-order valence-electron chi connectivity index (χ4n) is 3.65. The molecule has 0 saturated carbocycles. The van der Waals surface area contributed by atoms with E-state index in [2.05, 4.69) is 5.32 Å². The Balaban J connectivity index is 1.38. The van der Waals surface area contributed by atoms with Gasteiger partial charge in [-0.05, 0) is 84.8 Å². The second-order valence-electron chi connectivity index (χ2n) is 8.18. The number of rotatable bonds is 10. The third-order valence-electron chi connectivity index (χ3n) is 5.58. The van der Waals surface area contributed by atoms with Crippen LogP contribution in [0.4, 0.5) is 4.39 Å². The quantitative estimate of drug-likeness (QED) is 0.249. The van der Waals surface area contributed by atoms with Crippen molar-refractivity contribution in [1.82, 2.24) is 5.32 Å². The van der Waals surface area contributed by atoms with Gasteiger partial charge in [-0.3, -0.25) is 0 Å². The summed E-state index contributed by atoms with van der Waals surface area (Å²) in [4.78, 5) is 0.171. The molecule has 0 unspecified atom stereocenters. The summed E-state index contributed by atoms with van der Waals surface area (Å²) < 4.78 is 45.6. The van der Waals surface area contributed by atoms with Crippen molar-refractivity contribution >= 4 is 21.4 Å². The number of aliphatic hydroxyl groups is 1. The molecule has 5 nitrogen and oxygen atoms in total. The van der Waals surface area contributed by atoms with Crippen molar-refractivity contribution in [2.45, 2.75) is 22.3 Å². The molecule has 186 valence electrons. The van der Waals surface area contributed by atoms with Crippen LogP contribution in [0.2, 0.25) is 5.02 Å². The van der Waals surface area contributed by atoms with Gasteiger partial charge in [0.1, 0.15) is 22.2 Å². The molecule has 4 aromatic rings. The van der Waals surface area contributed by atoms with Gasteiger partial charge in [0.25, 0.3) is 0 Å². The molecule has 0 heterocycles. The normalized spacial score (nSPS) is 12.3. The van der Waals surface area contributed by atoms with Gasteiger partial charge >= 0.3 is 0 Å². The van der Waals surface area contributed by atoms with E-state index in [4.69, 9.17) is 16.3 Å². The number of ether oxygens (including phenoxy) is 1. The fourth-order valence-corrected chi connectivity index (χ4v) is 5.23. The lowest BCUT2D eigenvalue weighted by molar-refractivity contribution is 0.175. The summed E-state index contributed by atoms with van der Waals surface area (Å²) in [5.41, 5.74) is 1.70. The topological polar surface area (TPSA) is 75.6 Å². The maximum absolute atomic E-state index is 13.3. The number of halogens is 2. The SMILES string of the molecule is O=S(=O)(c1ccc(CCNC[C@H](O)c2cccc(Cl)c2)cc1)c1ccccc1Oc1ccc(F)cc1. The van der Waals surface area contributed by atoms with Crippen molar-refractivity contribution in [1.29, 1.82) is 0 Å². The summed E-state index contributed by atoms with van der Waals surface area (Å²) in [5, 5.41) is 14.1. The van der Waals surface area contributed by atoms with Crippen molar-refractivity contribution in [3.05, 3.63) is 119 Å². The highest BCUT2D eigenvalue weighted by Crippen LogP contribution is 2.32. The molecule has 1 atom stereocenters. The molecule has 0 aliphatic heterocycles. The van der Waals surface area contributed by atoms with Gasteiger partial charge in [-0.1, -0.05) is 48.0 Å². The number of para-hydroxylation sites is 1. The molecular weight excluding hydrogens is 501 g/mol. The van der Waals surface area contributed by atoms with E-state index < -0.39 is 21.8 Å². The van der Waals surface area contributed by atoms with Crippen LogP contribution in [0.25, 0.3) is 0 Å². The minimum atomic E-state index is -3.84. The summed E-state index contributed by atoms with van der Waals surface area (Å²) in [7, 11) is -3.84. The molecule has 0 aliphatic carbocycles. The van der Waals surface area contributed by atoms with Gasteiger partial charge in [0.05, 0.1) is 11.0 Å². The average molecular weight is 526 g/mol. The predicted octanol–water partition coefficient (Wildman–Crippen LogP) is 5.97. The van der Waals surface area contributed by atoms with Crippen LogP contribution < -0.4 is 10.1 Å².